The van der Waals surface area contributed by atoms with Crippen LogP contribution in [0.3, 0.4) is 0 Å². The zero-order valence-electron chi connectivity index (χ0n) is 6.01. The summed E-state index contributed by atoms with van der Waals surface area (Å²) in [6.07, 6.45) is 6.95. The number of nitrogens with zero attached hydrogens (tertiary/aromatic N) is 4. The molecular weight excluding hydrogens is 174 g/mol. The van der Waals surface area contributed by atoms with Gasteiger partial charge < -0.3 is 4.98 Å². The molecule has 2 aromatic rings. The molecule has 12 heavy (non-hydrogen) atoms. The van der Waals surface area contributed by atoms with E-state index >= 15 is 0 Å². The van der Waals surface area contributed by atoms with E-state index in [1.807, 2.05) is 6.08 Å². The highest BCUT2D eigenvalue weighted by molar-refractivity contribution is 6.98. The van der Waals surface area contributed by atoms with E-state index in [0.29, 0.717) is 5.82 Å². The van der Waals surface area contributed by atoms with Crippen molar-refractivity contribution in [2.75, 3.05) is 0 Å². The van der Waals surface area contributed by atoms with Gasteiger partial charge >= 0.3 is 0 Å². The average Bonchev–Trinajstić information content (AvgIpc) is 2.74. The summed E-state index contributed by atoms with van der Waals surface area (Å²) in [6.45, 7) is 0. The molecule has 0 bridgehead atoms. The Morgan fingerprint density at radius 3 is 3.08 bits per heavy atom. The second kappa shape index (κ2) is 3.22. The molecular formula is C6H5N5S. The van der Waals surface area contributed by atoms with Crippen LogP contribution in [0.5, 0.6) is 0 Å². The summed E-state index contributed by atoms with van der Waals surface area (Å²) < 4.78 is 7.54. The third kappa shape index (κ3) is 1.54. The Morgan fingerprint density at radius 1 is 1.42 bits per heavy atom. The largest absolute Gasteiger partial charge is 0.345 e. The third-order valence-electron chi connectivity index (χ3n) is 1.25. The first-order chi connectivity index (χ1) is 5.95. The molecule has 0 radical (unpaired) electrons. The van der Waals surface area contributed by atoms with Crippen LogP contribution < -0.4 is 0 Å². The number of hydrogen-bond donors (Lipinski definition) is 1. The van der Waals surface area contributed by atoms with E-state index in [4.69, 9.17) is 0 Å². The molecule has 0 amide bonds. The van der Waals surface area contributed by atoms with E-state index in [0.717, 1.165) is 17.4 Å². The SMILES string of the molecule is C(=Cc1cnc[nH]1)c1nnsn1. The van der Waals surface area contributed by atoms with Gasteiger partial charge in [-0.25, -0.2) is 4.98 Å². The highest BCUT2D eigenvalue weighted by Gasteiger charge is 1.90. The zero-order chi connectivity index (χ0) is 8.23. The van der Waals surface area contributed by atoms with Gasteiger partial charge in [0.15, 0.2) is 5.82 Å². The Hall–Kier alpha value is -1.56. The summed E-state index contributed by atoms with van der Waals surface area (Å²) in [5, 5.41) is 3.75. The quantitative estimate of drug-likeness (QED) is 0.741. The number of aromatic nitrogens is 5. The molecule has 0 aromatic carbocycles. The number of H-pyrrole nitrogens is 1. The monoisotopic (exact) mass is 179 g/mol. The number of nitrogens with one attached hydrogen (secondary N) is 1. The molecule has 0 fully saturated rings. The van der Waals surface area contributed by atoms with Crippen LogP contribution in [0.2, 0.25) is 0 Å². The highest BCUT2D eigenvalue weighted by Crippen LogP contribution is 1.99. The summed E-state index contributed by atoms with van der Waals surface area (Å²) in [7, 11) is 0. The first-order valence-corrected chi connectivity index (χ1v) is 4.00. The van der Waals surface area contributed by atoms with Crippen molar-refractivity contribution in [1.82, 2.24) is 23.9 Å². The standard InChI is InChI=1S/C6H5N5S/c1(5-3-7-4-8-5)2-6-9-11-12-10-6/h1-4H,(H,7,8). The Balaban J connectivity index is 2.14. The summed E-state index contributed by atoms with van der Waals surface area (Å²) in [4.78, 5) is 6.79. The summed E-state index contributed by atoms with van der Waals surface area (Å²) in [5.41, 5.74) is 0.921. The van der Waals surface area contributed by atoms with Gasteiger partial charge in [-0.15, -0.1) is 5.10 Å². The van der Waals surface area contributed by atoms with E-state index in [1.54, 1.807) is 18.6 Å². The summed E-state index contributed by atoms with van der Waals surface area (Å²) >= 11 is 1.09. The van der Waals surface area contributed by atoms with Gasteiger partial charge in [-0.05, 0) is 12.2 Å². The molecule has 2 aromatic heterocycles. The molecule has 0 atom stereocenters. The molecule has 0 aliphatic rings. The molecule has 0 spiro atoms. The van der Waals surface area contributed by atoms with E-state index < -0.39 is 0 Å². The van der Waals surface area contributed by atoms with Crippen LogP contribution in [0.15, 0.2) is 12.5 Å². The lowest BCUT2D eigenvalue weighted by Crippen LogP contribution is -1.74. The summed E-state index contributed by atoms with van der Waals surface area (Å²) in [6, 6.07) is 0. The van der Waals surface area contributed by atoms with Crippen molar-refractivity contribution in [1.29, 1.82) is 0 Å². The predicted molar refractivity (Wildman–Crippen MR) is 45.2 cm³/mol. The van der Waals surface area contributed by atoms with Gasteiger partial charge in [-0.1, -0.05) is 4.49 Å². The van der Waals surface area contributed by atoms with Crippen molar-refractivity contribution in [2.24, 2.45) is 0 Å². The van der Waals surface area contributed by atoms with Gasteiger partial charge in [0.2, 0.25) is 0 Å². The lowest BCUT2D eigenvalue weighted by molar-refractivity contribution is 1.11. The topological polar surface area (TPSA) is 67.3 Å². The molecule has 2 rings (SSSR count). The number of rotatable bonds is 2. The van der Waals surface area contributed by atoms with Gasteiger partial charge in [-0.2, -0.15) is 4.37 Å². The molecule has 2 heterocycles. The van der Waals surface area contributed by atoms with Gasteiger partial charge in [0.25, 0.3) is 0 Å². The second-order valence-corrected chi connectivity index (χ2v) is 2.56. The molecule has 60 valence electrons. The summed E-state index contributed by atoms with van der Waals surface area (Å²) in [5.74, 6) is 0.620. The minimum atomic E-state index is 0.620. The molecule has 0 saturated carbocycles. The lowest BCUT2D eigenvalue weighted by Gasteiger charge is -1.79. The van der Waals surface area contributed by atoms with Crippen molar-refractivity contribution >= 4 is 23.9 Å². The van der Waals surface area contributed by atoms with Crippen molar-refractivity contribution in [3.63, 3.8) is 0 Å². The second-order valence-electron chi connectivity index (χ2n) is 2.05. The Bertz CT molecular complexity index is 313. The third-order valence-corrected chi connectivity index (χ3v) is 1.67. The fourth-order valence-electron chi connectivity index (χ4n) is 0.724. The molecule has 0 aliphatic heterocycles. The first-order valence-electron chi connectivity index (χ1n) is 3.27. The van der Waals surface area contributed by atoms with E-state index in [1.165, 1.54) is 0 Å². The van der Waals surface area contributed by atoms with Crippen LogP contribution in [0.4, 0.5) is 0 Å². The van der Waals surface area contributed by atoms with Crippen molar-refractivity contribution in [3.8, 4) is 0 Å². The van der Waals surface area contributed by atoms with Gasteiger partial charge in [0.1, 0.15) is 0 Å². The predicted octanol–water partition coefficient (Wildman–Crippen LogP) is 0.827. The minimum Gasteiger partial charge on any atom is -0.345 e. The van der Waals surface area contributed by atoms with Gasteiger partial charge in [-0.3, -0.25) is 0 Å². The fraction of sp³-hybridized carbons (Fsp3) is 0. The Morgan fingerprint density at radius 2 is 2.42 bits per heavy atom. The maximum atomic E-state index is 3.91. The minimum absolute atomic E-state index is 0.620. The van der Waals surface area contributed by atoms with E-state index in [9.17, 15) is 0 Å². The zero-order valence-corrected chi connectivity index (χ0v) is 6.82. The first kappa shape index (κ1) is 7.11. The number of hydrogen-bond acceptors (Lipinski definition) is 5. The number of imidazole rings is 1. The molecule has 0 aliphatic carbocycles. The Kier molecular flexibility index (Phi) is 1.91. The number of aromatic amines is 1. The lowest BCUT2D eigenvalue weighted by atomic mass is 10.4. The van der Waals surface area contributed by atoms with E-state index in [2.05, 4.69) is 23.9 Å². The van der Waals surface area contributed by atoms with Gasteiger partial charge in [0, 0.05) is 0 Å². The normalized spacial score (nSPS) is 11.0. The molecule has 0 saturated heterocycles. The van der Waals surface area contributed by atoms with Crippen molar-refractivity contribution in [2.45, 2.75) is 0 Å². The maximum Gasteiger partial charge on any atom is 0.189 e. The van der Waals surface area contributed by atoms with Crippen LogP contribution in [-0.4, -0.2) is 23.9 Å². The Labute approximate surface area is 72.5 Å². The van der Waals surface area contributed by atoms with Crippen LogP contribution in [0, 0.1) is 0 Å². The highest BCUT2D eigenvalue weighted by atomic mass is 32.1. The molecule has 0 unspecified atom stereocenters. The van der Waals surface area contributed by atoms with E-state index in [-0.39, 0.29) is 0 Å². The van der Waals surface area contributed by atoms with Crippen molar-refractivity contribution in [3.05, 3.63) is 24.0 Å². The molecule has 6 heteroatoms. The van der Waals surface area contributed by atoms with Crippen LogP contribution in [0.1, 0.15) is 11.5 Å². The fourth-order valence-corrected chi connectivity index (χ4v) is 1.06. The van der Waals surface area contributed by atoms with Crippen LogP contribution >= 0.6 is 11.7 Å². The maximum absolute atomic E-state index is 3.91. The van der Waals surface area contributed by atoms with Crippen molar-refractivity contribution < 1.29 is 0 Å². The van der Waals surface area contributed by atoms with Crippen LogP contribution in [0.25, 0.3) is 12.2 Å². The molecule has 5 nitrogen and oxygen atoms in total. The average molecular weight is 179 g/mol. The van der Waals surface area contributed by atoms with Crippen LogP contribution in [-0.2, 0) is 0 Å². The van der Waals surface area contributed by atoms with Gasteiger partial charge in [0.05, 0.1) is 29.9 Å². The smallest absolute Gasteiger partial charge is 0.189 e. The molecule has 1 N–H and O–H groups in total.